The van der Waals surface area contributed by atoms with Gasteiger partial charge in [0.2, 0.25) is 0 Å². The predicted molar refractivity (Wildman–Crippen MR) is 126 cm³/mol. The first-order valence-corrected chi connectivity index (χ1v) is 11.2. The molecular weight excluding hydrogens is 406 g/mol. The molecule has 0 bridgehead atoms. The summed E-state index contributed by atoms with van der Waals surface area (Å²) < 4.78 is 0. The lowest BCUT2D eigenvalue weighted by Crippen LogP contribution is -2.51. The number of amides is 2. The Morgan fingerprint density at radius 1 is 0.839 bits per heavy atom. The molecule has 6 heteroatoms. The van der Waals surface area contributed by atoms with Gasteiger partial charge in [0.05, 0.1) is 5.69 Å². The molecular formula is C25H25N3O2S. The molecule has 1 aliphatic heterocycles. The van der Waals surface area contributed by atoms with E-state index in [-0.39, 0.29) is 0 Å². The van der Waals surface area contributed by atoms with E-state index < -0.39 is 11.8 Å². The first-order chi connectivity index (χ1) is 15.1. The molecule has 2 amide bonds. The Balaban J connectivity index is 1.37. The van der Waals surface area contributed by atoms with Crippen molar-refractivity contribution in [3.8, 4) is 0 Å². The number of hydrogen-bond acceptors (Lipinski definition) is 4. The fourth-order valence-electron chi connectivity index (χ4n) is 3.59. The van der Waals surface area contributed by atoms with Crippen molar-refractivity contribution in [2.24, 2.45) is 0 Å². The monoisotopic (exact) mass is 431 g/mol. The lowest BCUT2D eigenvalue weighted by molar-refractivity contribution is -0.143. The van der Waals surface area contributed by atoms with Crippen molar-refractivity contribution in [2.75, 3.05) is 36.4 Å². The van der Waals surface area contributed by atoms with Crippen LogP contribution in [-0.4, -0.2) is 42.9 Å². The average molecular weight is 432 g/mol. The zero-order chi connectivity index (χ0) is 21.6. The fraction of sp³-hybridized carbons (Fsp3) is 0.200. The van der Waals surface area contributed by atoms with Crippen molar-refractivity contribution >= 4 is 35.0 Å². The Morgan fingerprint density at radius 3 is 2.29 bits per heavy atom. The second kappa shape index (κ2) is 9.71. The highest BCUT2D eigenvalue weighted by molar-refractivity contribution is 7.99. The van der Waals surface area contributed by atoms with E-state index in [4.69, 9.17) is 0 Å². The van der Waals surface area contributed by atoms with Crippen LogP contribution in [0.3, 0.4) is 0 Å². The normalized spacial score (nSPS) is 13.7. The number of hydrogen-bond donors (Lipinski definition) is 1. The molecule has 0 atom stereocenters. The van der Waals surface area contributed by atoms with Gasteiger partial charge in [0.1, 0.15) is 0 Å². The average Bonchev–Trinajstić information content (AvgIpc) is 2.80. The first kappa shape index (κ1) is 21.0. The van der Waals surface area contributed by atoms with Crippen LogP contribution in [0, 0.1) is 6.92 Å². The van der Waals surface area contributed by atoms with Crippen LogP contribution in [0.5, 0.6) is 0 Å². The Morgan fingerprint density at radius 2 is 1.55 bits per heavy atom. The second-order valence-corrected chi connectivity index (χ2v) is 8.60. The molecule has 0 aliphatic carbocycles. The molecule has 1 saturated heterocycles. The van der Waals surface area contributed by atoms with E-state index in [9.17, 15) is 9.59 Å². The molecule has 0 aromatic heterocycles. The highest BCUT2D eigenvalue weighted by Crippen LogP contribution is 2.33. The van der Waals surface area contributed by atoms with Gasteiger partial charge in [0.25, 0.3) is 0 Å². The van der Waals surface area contributed by atoms with Gasteiger partial charge >= 0.3 is 11.8 Å². The molecule has 5 nitrogen and oxygen atoms in total. The summed E-state index contributed by atoms with van der Waals surface area (Å²) >= 11 is 1.56. The molecule has 0 radical (unpaired) electrons. The number of para-hydroxylation sites is 1. The minimum Gasteiger partial charge on any atom is -0.368 e. The molecule has 1 N–H and O–H groups in total. The van der Waals surface area contributed by atoms with Crippen LogP contribution in [0.1, 0.15) is 5.56 Å². The molecule has 0 saturated carbocycles. The number of piperazine rings is 1. The highest BCUT2D eigenvalue weighted by atomic mass is 32.2. The van der Waals surface area contributed by atoms with E-state index in [2.05, 4.69) is 35.3 Å². The number of anilines is 2. The van der Waals surface area contributed by atoms with Gasteiger partial charge in [-0.1, -0.05) is 54.2 Å². The largest absolute Gasteiger partial charge is 0.368 e. The minimum absolute atomic E-state index is 0.483. The van der Waals surface area contributed by atoms with E-state index in [1.807, 2.05) is 60.7 Å². The lowest BCUT2D eigenvalue weighted by Gasteiger charge is -2.35. The number of aryl methyl sites for hydroxylation is 1. The van der Waals surface area contributed by atoms with Crippen LogP contribution in [-0.2, 0) is 9.59 Å². The van der Waals surface area contributed by atoms with Crippen molar-refractivity contribution in [2.45, 2.75) is 16.7 Å². The van der Waals surface area contributed by atoms with Gasteiger partial charge in [-0.15, -0.1) is 0 Å². The lowest BCUT2D eigenvalue weighted by atomic mass is 10.2. The third kappa shape index (κ3) is 5.27. The van der Waals surface area contributed by atoms with Gasteiger partial charge in [-0.2, -0.15) is 0 Å². The topological polar surface area (TPSA) is 52.7 Å². The molecule has 158 valence electrons. The van der Waals surface area contributed by atoms with Crippen LogP contribution in [0.2, 0.25) is 0 Å². The highest BCUT2D eigenvalue weighted by Gasteiger charge is 2.26. The van der Waals surface area contributed by atoms with Crippen molar-refractivity contribution in [3.05, 3.63) is 84.4 Å². The molecule has 1 fully saturated rings. The molecule has 1 heterocycles. The van der Waals surface area contributed by atoms with Gasteiger partial charge in [-0.05, 0) is 48.9 Å². The van der Waals surface area contributed by atoms with Crippen molar-refractivity contribution in [3.63, 3.8) is 0 Å². The number of benzene rings is 3. The Labute approximate surface area is 187 Å². The second-order valence-electron chi connectivity index (χ2n) is 7.48. The van der Waals surface area contributed by atoms with Crippen LogP contribution in [0.4, 0.5) is 11.4 Å². The fourth-order valence-corrected chi connectivity index (χ4v) is 4.51. The maximum atomic E-state index is 12.8. The molecule has 0 unspecified atom stereocenters. The molecule has 4 rings (SSSR count). The van der Waals surface area contributed by atoms with Crippen LogP contribution in [0.25, 0.3) is 0 Å². The summed E-state index contributed by atoms with van der Waals surface area (Å²) in [6.07, 6.45) is 0. The number of carbonyl (C=O) groups is 2. The van der Waals surface area contributed by atoms with Gasteiger partial charge in [0, 0.05) is 41.7 Å². The van der Waals surface area contributed by atoms with Gasteiger partial charge < -0.3 is 15.1 Å². The minimum atomic E-state index is -0.592. The summed E-state index contributed by atoms with van der Waals surface area (Å²) in [6, 6.07) is 25.8. The first-order valence-electron chi connectivity index (χ1n) is 10.3. The van der Waals surface area contributed by atoms with Crippen LogP contribution < -0.4 is 10.2 Å². The van der Waals surface area contributed by atoms with Gasteiger partial charge in [-0.25, -0.2) is 0 Å². The Kier molecular flexibility index (Phi) is 6.57. The zero-order valence-electron chi connectivity index (χ0n) is 17.5. The SMILES string of the molecule is Cc1cccc(N2CCN(C(=O)C(=O)Nc3ccccc3Sc3ccccc3)CC2)c1. The molecule has 3 aromatic carbocycles. The standard InChI is InChI=1S/C25H25N3O2S/c1-19-8-7-9-20(18-19)27-14-16-28(17-15-27)25(30)24(29)26-22-12-5-6-13-23(22)31-21-10-3-2-4-11-21/h2-13,18H,14-17H2,1H3,(H,26,29). The summed E-state index contributed by atoms with van der Waals surface area (Å²) in [5.41, 5.74) is 3.01. The van der Waals surface area contributed by atoms with Gasteiger partial charge in [-0.3, -0.25) is 9.59 Å². The summed E-state index contributed by atoms with van der Waals surface area (Å²) in [5.74, 6) is -1.08. The van der Waals surface area contributed by atoms with E-state index in [0.29, 0.717) is 31.9 Å². The smallest absolute Gasteiger partial charge is 0.313 e. The maximum Gasteiger partial charge on any atom is 0.313 e. The van der Waals surface area contributed by atoms with E-state index >= 15 is 0 Å². The maximum absolute atomic E-state index is 12.8. The van der Waals surface area contributed by atoms with Crippen molar-refractivity contribution in [1.29, 1.82) is 0 Å². The molecule has 3 aromatic rings. The Hall–Kier alpha value is -3.25. The third-order valence-electron chi connectivity index (χ3n) is 5.23. The van der Waals surface area contributed by atoms with E-state index in [0.717, 1.165) is 15.5 Å². The summed E-state index contributed by atoms with van der Waals surface area (Å²) in [7, 11) is 0. The number of nitrogens with one attached hydrogen (secondary N) is 1. The quantitative estimate of drug-likeness (QED) is 0.621. The molecule has 31 heavy (non-hydrogen) atoms. The Bertz CT molecular complexity index is 1060. The van der Waals surface area contributed by atoms with Crippen LogP contribution >= 0.6 is 11.8 Å². The van der Waals surface area contributed by atoms with Crippen molar-refractivity contribution < 1.29 is 9.59 Å². The van der Waals surface area contributed by atoms with Crippen LogP contribution in [0.15, 0.2) is 88.7 Å². The third-order valence-corrected chi connectivity index (χ3v) is 6.32. The summed E-state index contributed by atoms with van der Waals surface area (Å²) in [4.78, 5) is 31.3. The summed E-state index contributed by atoms with van der Waals surface area (Å²) in [6.45, 7) is 4.55. The molecule has 0 spiro atoms. The zero-order valence-corrected chi connectivity index (χ0v) is 18.3. The summed E-state index contributed by atoms with van der Waals surface area (Å²) in [5, 5.41) is 2.81. The van der Waals surface area contributed by atoms with Gasteiger partial charge in [0.15, 0.2) is 0 Å². The number of carbonyl (C=O) groups excluding carboxylic acids is 2. The molecule has 1 aliphatic rings. The number of rotatable bonds is 4. The van der Waals surface area contributed by atoms with E-state index in [1.54, 1.807) is 16.7 Å². The van der Waals surface area contributed by atoms with E-state index in [1.165, 1.54) is 5.56 Å². The number of nitrogens with zero attached hydrogens (tertiary/aromatic N) is 2. The predicted octanol–water partition coefficient (Wildman–Crippen LogP) is 4.43. The van der Waals surface area contributed by atoms with Crippen molar-refractivity contribution in [1.82, 2.24) is 4.90 Å².